The fourth-order valence-corrected chi connectivity index (χ4v) is 1.33. The SMILES string of the molecule is CC(C)(N)c1ccc(C(C)(C)N)cc1. The largest absolute Gasteiger partial charge is 0.322 e. The van der Waals surface area contributed by atoms with Gasteiger partial charge >= 0.3 is 0 Å². The van der Waals surface area contributed by atoms with E-state index in [2.05, 4.69) is 0 Å². The number of rotatable bonds is 2. The molecule has 0 spiro atoms. The quantitative estimate of drug-likeness (QED) is 0.753. The van der Waals surface area contributed by atoms with E-state index in [0.29, 0.717) is 0 Å². The van der Waals surface area contributed by atoms with E-state index in [0.717, 1.165) is 11.1 Å². The van der Waals surface area contributed by atoms with Crippen LogP contribution >= 0.6 is 0 Å². The second-order valence-electron chi connectivity index (χ2n) is 5.02. The summed E-state index contributed by atoms with van der Waals surface area (Å²) < 4.78 is 0. The first-order chi connectivity index (χ1) is 6.21. The highest BCUT2D eigenvalue weighted by Crippen LogP contribution is 2.21. The molecule has 1 rings (SSSR count). The van der Waals surface area contributed by atoms with Crippen molar-refractivity contribution >= 4 is 0 Å². The molecule has 1 aromatic rings. The molecule has 0 fully saturated rings. The lowest BCUT2D eigenvalue weighted by atomic mass is 9.90. The third-order valence-corrected chi connectivity index (χ3v) is 2.37. The number of nitrogens with two attached hydrogens (primary N) is 2. The fraction of sp³-hybridized carbons (Fsp3) is 0.500. The Labute approximate surface area is 86.3 Å². The lowest BCUT2D eigenvalue weighted by Crippen LogP contribution is -2.30. The topological polar surface area (TPSA) is 52.0 Å². The van der Waals surface area contributed by atoms with E-state index in [9.17, 15) is 0 Å². The van der Waals surface area contributed by atoms with Crippen LogP contribution in [-0.4, -0.2) is 0 Å². The Balaban J connectivity index is 3.02. The van der Waals surface area contributed by atoms with Gasteiger partial charge in [0.25, 0.3) is 0 Å². The minimum absolute atomic E-state index is 0.280. The first kappa shape index (κ1) is 11.2. The molecule has 0 atom stereocenters. The van der Waals surface area contributed by atoms with Gasteiger partial charge in [-0.3, -0.25) is 0 Å². The summed E-state index contributed by atoms with van der Waals surface area (Å²) in [5.41, 5.74) is 13.7. The Morgan fingerprint density at radius 2 is 0.929 bits per heavy atom. The molecule has 0 bridgehead atoms. The van der Waals surface area contributed by atoms with Crippen LogP contribution in [0.25, 0.3) is 0 Å². The summed E-state index contributed by atoms with van der Waals surface area (Å²) >= 11 is 0. The van der Waals surface area contributed by atoms with E-state index in [-0.39, 0.29) is 11.1 Å². The number of hydrogen-bond donors (Lipinski definition) is 2. The molecule has 0 saturated heterocycles. The summed E-state index contributed by atoms with van der Waals surface area (Å²) in [4.78, 5) is 0. The molecule has 0 aliphatic rings. The third kappa shape index (κ3) is 2.56. The maximum Gasteiger partial charge on any atom is 0.0352 e. The van der Waals surface area contributed by atoms with Crippen LogP contribution in [-0.2, 0) is 11.1 Å². The van der Waals surface area contributed by atoms with Gasteiger partial charge in [-0.1, -0.05) is 24.3 Å². The van der Waals surface area contributed by atoms with E-state index in [1.165, 1.54) is 0 Å². The van der Waals surface area contributed by atoms with Crippen LogP contribution in [0, 0.1) is 0 Å². The minimum Gasteiger partial charge on any atom is -0.322 e. The van der Waals surface area contributed by atoms with E-state index >= 15 is 0 Å². The molecule has 0 aliphatic carbocycles. The first-order valence-electron chi connectivity index (χ1n) is 4.90. The minimum atomic E-state index is -0.280. The van der Waals surface area contributed by atoms with Crippen molar-refractivity contribution in [3.8, 4) is 0 Å². The zero-order valence-electron chi connectivity index (χ0n) is 9.46. The highest BCUT2D eigenvalue weighted by molar-refractivity contribution is 5.30. The van der Waals surface area contributed by atoms with Crippen LogP contribution in [0.4, 0.5) is 0 Å². The van der Waals surface area contributed by atoms with Crippen molar-refractivity contribution in [1.29, 1.82) is 0 Å². The Morgan fingerprint density at radius 3 is 1.07 bits per heavy atom. The monoisotopic (exact) mass is 192 g/mol. The molecule has 0 radical (unpaired) electrons. The Morgan fingerprint density at radius 1 is 0.714 bits per heavy atom. The summed E-state index contributed by atoms with van der Waals surface area (Å²) in [6, 6.07) is 8.18. The Hall–Kier alpha value is -0.860. The van der Waals surface area contributed by atoms with Crippen molar-refractivity contribution in [2.75, 3.05) is 0 Å². The smallest absolute Gasteiger partial charge is 0.0352 e. The maximum absolute atomic E-state index is 5.98. The van der Waals surface area contributed by atoms with Gasteiger partial charge in [-0.15, -0.1) is 0 Å². The molecule has 4 N–H and O–H groups in total. The highest BCUT2D eigenvalue weighted by Gasteiger charge is 2.17. The molecule has 1 aromatic carbocycles. The van der Waals surface area contributed by atoms with Crippen LogP contribution in [0.2, 0.25) is 0 Å². The predicted octanol–water partition coefficient (Wildman–Crippen LogP) is 2.07. The van der Waals surface area contributed by atoms with E-state index in [1.54, 1.807) is 0 Å². The Kier molecular flexibility index (Phi) is 2.70. The van der Waals surface area contributed by atoms with Gasteiger partial charge in [0.1, 0.15) is 0 Å². The first-order valence-corrected chi connectivity index (χ1v) is 4.90. The molecule has 14 heavy (non-hydrogen) atoms. The van der Waals surface area contributed by atoms with Gasteiger partial charge in [0.15, 0.2) is 0 Å². The van der Waals surface area contributed by atoms with Crippen molar-refractivity contribution in [3.05, 3.63) is 35.4 Å². The van der Waals surface area contributed by atoms with E-state index in [4.69, 9.17) is 11.5 Å². The molecule has 2 nitrogen and oxygen atoms in total. The molecule has 0 aliphatic heterocycles. The summed E-state index contributed by atoms with van der Waals surface area (Å²) in [5.74, 6) is 0. The normalized spacial score (nSPS) is 13.0. The molecule has 2 heteroatoms. The van der Waals surface area contributed by atoms with Crippen molar-refractivity contribution in [2.24, 2.45) is 11.5 Å². The molecule has 0 aromatic heterocycles. The van der Waals surface area contributed by atoms with Gasteiger partial charge in [-0.05, 0) is 38.8 Å². The average Bonchev–Trinajstić information content (AvgIpc) is 2.01. The van der Waals surface area contributed by atoms with Gasteiger partial charge in [-0.2, -0.15) is 0 Å². The maximum atomic E-state index is 5.98. The van der Waals surface area contributed by atoms with Gasteiger partial charge in [0.05, 0.1) is 0 Å². The average molecular weight is 192 g/mol. The standard InChI is InChI=1S/C12H20N2/c1-11(2,13)9-5-7-10(8-6-9)12(3,4)14/h5-8H,13-14H2,1-4H3. The number of hydrogen-bond acceptors (Lipinski definition) is 2. The molecular weight excluding hydrogens is 172 g/mol. The lowest BCUT2D eigenvalue weighted by Gasteiger charge is -2.23. The predicted molar refractivity (Wildman–Crippen MR) is 60.9 cm³/mol. The summed E-state index contributed by atoms with van der Waals surface area (Å²) in [7, 11) is 0. The molecule has 0 saturated carbocycles. The molecule has 0 unspecified atom stereocenters. The van der Waals surface area contributed by atoms with Crippen LogP contribution in [0.5, 0.6) is 0 Å². The van der Waals surface area contributed by atoms with E-state index < -0.39 is 0 Å². The van der Waals surface area contributed by atoms with Gasteiger partial charge in [-0.25, -0.2) is 0 Å². The van der Waals surface area contributed by atoms with Crippen LogP contribution in [0.15, 0.2) is 24.3 Å². The zero-order chi connectivity index (χ0) is 11.0. The summed E-state index contributed by atoms with van der Waals surface area (Å²) in [6.07, 6.45) is 0. The lowest BCUT2D eigenvalue weighted by molar-refractivity contribution is 0.542. The number of benzene rings is 1. The van der Waals surface area contributed by atoms with Crippen molar-refractivity contribution < 1.29 is 0 Å². The molecule has 0 amide bonds. The molecular formula is C12H20N2. The Bertz CT molecular complexity index is 266. The second kappa shape index (κ2) is 3.37. The van der Waals surface area contributed by atoms with Crippen molar-refractivity contribution in [3.63, 3.8) is 0 Å². The van der Waals surface area contributed by atoms with Crippen molar-refractivity contribution in [2.45, 2.75) is 38.8 Å². The van der Waals surface area contributed by atoms with E-state index in [1.807, 2.05) is 52.0 Å². The molecule has 78 valence electrons. The zero-order valence-corrected chi connectivity index (χ0v) is 9.46. The van der Waals surface area contributed by atoms with Gasteiger partial charge in [0.2, 0.25) is 0 Å². The second-order valence-corrected chi connectivity index (χ2v) is 5.02. The highest BCUT2D eigenvalue weighted by atomic mass is 14.7. The third-order valence-electron chi connectivity index (χ3n) is 2.37. The summed E-state index contributed by atoms with van der Waals surface area (Å²) in [6.45, 7) is 7.98. The summed E-state index contributed by atoms with van der Waals surface area (Å²) in [5, 5.41) is 0. The van der Waals surface area contributed by atoms with Crippen molar-refractivity contribution in [1.82, 2.24) is 0 Å². The van der Waals surface area contributed by atoms with Crippen LogP contribution < -0.4 is 11.5 Å². The van der Waals surface area contributed by atoms with Crippen LogP contribution in [0.3, 0.4) is 0 Å². The molecule has 0 heterocycles. The van der Waals surface area contributed by atoms with Crippen LogP contribution in [0.1, 0.15) is 38.8 Å². The fourth-order valence-electron chi connectivity index (χ4n) is 1.33. The van der Waals surface area contributed by atoms with Gasteiger partial charge < -0.3 is 11.5 Å². The van der Waals surface area contributed by atoms with Gasteiger partial charge in [0, 0.05) is 11.1 Å².